The molecule has 1 aliphatic rings. The molecule has 0 fully saturated rings. The van der Waals surface area contributed by atoms with Crippen LogP contribution in [0.5, 0.6) is 0 Å². The highest BCUT2D eigenvalue weighted by Crippen LogP contribution is 2.29. The number of carbonyl (C=O) groups is 2. The van der Waals surface area contributed by atoms with E-state index < -0.39 is 12.0 Å². The summed E-state index contributed by atoms with van der Waals surface area (Å²) >= 11 is 0. The predicted octanol–water partition coefficient (Wildman–Crippen LogP) is 2.83. The topological polar surface area (TPSA) is 85.2 Å². The molecule has 0 spiro atoms. The second-order valence-corrected chi connectivity index (χ2v) is 6.69. The molecule has 2 N–H and O–H groups in total. The van der Waals surface area contributed by atoms with E-state index in [1.807, 2.05) is 60.0 Å². The first kappa shape index (κ1) is 17.8. The van der Waals surface area contributed by atoms with Crippen LogP contribution in [0.2, 0.25) is 0 Å². The standard InChI is InChI=1S/C21H20N4O3/c1-13-7-9-14(10-8-13)19-18(20(26)28-2)16(23-21(27)24-19)11-25-12-22-15-5-3-4-6-17(15)25/h3-10,12,19H,11H2,1-2H3,(H2,23,24,27)/t19-/m0/s1. The van der Waals surface area contributed by atoms with Gasteiger partial charge in [-0.2, -0.15) is 0 Å². The highest BCUT2D eigenvalue weighted by atomic mass is 16.5. The second-order valence-electron chi connectivity index (χ2n) is 6.69. The van der Waals surface area contributed by atoms with Gasteiger partial charge >= 0.3 is 12.0 Å². The molecule has 0 aliphatic carbocycles. The van der Waals surface area contributed by atoms with Crippen molar-refractivity contribution in [2.75, 3.05) is 7.11 Å². The second kappa shape index (κ2) is 7.19. The molecule has 0 bridgehead atoms. The Bertz CT molecular complexity index is 1080. The van der Waals surface area contributed by atoms with Crippen LogP contribution in [0.25, 0.3) is 11.0 Å². The van der Waals surface area contributed by atoms with Crippen molar-refractivity contribution < 1.29 is 14.3 Å². The highest BCUT2D eigenvalue weighted by molar-refractivity contribution is 5.95. The van der Waals surface area contributed by atoms with Crippen LogP contribution in [-0.4, -0.2) is 28.7 Å². The average molecular weight is 376 g/mol. The highest BCUT2D eigenvalue weighted by Gasteiger charge is 2.33. The number of imidazole rings is 1. The first-order chi connectivity index (χ1) is 13.6. The Morgan fingerprint density at radius 3 is 2.68 bits per heavy atom. The van der Waals surface area contributed by atoms with Gasteiger partial charge in [0.25, 0.3) is 0 Å². The molecule has 7 heteroatoms. The van der Waals surface area contributed by atoms with Crippen molar-refractivity contribution in [3.05, 3.63) is 77.3 Å². The number of benzene rings is 2. The van der Waals surface area contributed by atoms with E-state index in [1.54, 1.807) is 6.33 Å². The Balaban J connectivity index is 1.81. The van der Waals surface area contributed by atoms with Crippen molar-refractivity contribution in [1.82, 2.24) is 20.2 Å². The van der Waals surface area contributed by atoms with Crippen molar-refractivity contribution in [1.29, 1.82) is 0 Å². The summed E-state index contributed by atoms with van der Waals surface area (Å²) in [6, 6.07) is 14.4. The molecule has 1 aliphatic heterocycles. The third-order valence-corrected chi connectivity index (χ3v) is 4.83. The number of fused-ring (bicyclic) bond motifs is 1. The summed E-state index contributed by atoms with van der Waals surface area (Å²) in [7, 11) is 1.34. The zero-order valence-corrected chi connectivity index (χ0v) is 15.6. The van der Waals surface area contributed by atoms with Crippen LogP contribution in [0.4, 0.5) is 4.79 Å². The van der Waals surface area contributed by atoms with Gasteiger partial charge in [-0.1, -0.05) is 42.0 Å². The van der Waals surface area contributed by atoms with Crippen molar-refractivity contribution in [3.8, 4) is 0 Å². The van der Waals surface area contributed by atoms with Gasteiger partial charge in [0.1, 0.15) is 0 Å². The number of ether oxygens (including phenoxy) is 1. The number of carbonyl (C=O) groups excluding carboxylic acids is 2. The molecule has 142 valence electrons. The molecule has 1 atom stereocenters. The van der Waals surface area contributed by atoms with Gasteiger partial charge in [0.2, 0.25) is 0 Å². The summed E-state index contributed by atoms with van der Waals surface area (Å²) in [5, 5.41) is 5.61. The average Bonchev–Trinajstić information content (AvgIpc) is 3.10. The van der Waals surface area contributed by atoms with E-state index >= 15 is 0 Å². The number of nitrogens with zero attached hydrogens (tertiary/aromatic N) is 2. The molecule has 0 saturated heterocycles. The first-order valence-corrected chi connectivity index (χ1v) is 8.92. The van der Waals surface area contributed by atoms with Crippen LogP contribution in [-0.2, 0) is 16.1 Å². The number of hydrogen-bond donors (Lipinski definition) is 2. The smallest absolute Gasteiger partial charge is 0.338 e. The lowest BCUT2D eigenvalue weighted by atomic mass is 9.94. The fourth-order valence-corrected chi connectivity index (χ4v) is 3.41. The molecule has 3 aromatic rings. The van der Waals surface area contributed by atoms with E-state index in [1.165, 1.54) is 7.11 Å². The number of esters is 1. The number of allylic oxidation sites excluding steroid dienone is 1. The lowest BCUT2D eigenvalue weighted by Gasteiger charge is -2.29. The molecular weight excluding hydrogens is 356 g/mol. The van der Waals surface area contributed by atoms with Gasteiger partial charge in [-0.05, 0) is 24.6 Å². The fraction of sp³-hybridized carbons (Fsp3) is 0.190. The molecule has 0 radical (unpaired) electrons. The Labute approximate surface area is 162 Å². The number of urea groups is 1. The van der Waals surface area contributed by atoms with Crippen molar-refractivity contribution in [2.24, 2.45) is 0 Å². The third-order valence-electron chi connectivity index (χ3n) is 4.83. The SMILES string of the molecule is COC(=O)C1=C(Cn2cnc3ccccc32)NC(=O)N[C@H]1c1ccc(C)cc1. The molecule has 1 aromatic heterocycles. The number of methoxy groups -OCH3 is 1. The van der Waals surface area contributed by atoms with Gasteiger partial charge in [0.15, 0.2) is 0 Å². The zero-order chi connectivity index (χ0) is 19.7. The summed E-state index contributed by atoms with van der Waals surface area (Å²) in [5.41, 5.74) is 4.54. The van der Waals surface area contributed by atoms with E-state index in [2.05, 4.69) is 15.6 Å². The Hall–Kier alpha value is -3.61. The first-order valence-electron chi connectivity index (χ1n) is 8.92. The van der Waals surface area contributed by atoms with Crippen LogP contribution in [0.3, 0.4) is 0 Å². The number of hydrogen-bond acceptors (Lipinski definition) is 4. The number of rotatable bonds is 4. The van der Waals surface area contributed by atoms with Gasteiger partial charge in [-0.3, -0.25) is 0 Å². The molecule has 2 aromatic carbocycles. The monoisotopic (exact) mass is 376 g/mol. The van der Waals surface area contributed by atoms with Crippen LogP contribution < -0.4 is 10.6 Å². The van der Waals surface area contributed by atoms with Gasteiger partial charge in [-0.25, -0.2) is 14.6 Å². The molecule has 4 rings (SSSR count). The van der Waals surface area contributed by atoms with Crippen LogP contribution in [0.15, 0.2) is 66.1 Å². The van der Waals surface area contributed by atoms with Crippen molar-refractivity contribution >= 4 is 23.0 Å². The normalized spacial score (nSPS) is 16.6. The number of para-hydroxylation sites is 2. The van der Waals surface area contributed by atoms with E-state index in [0.29, 0.717) is 17.8 Å². The maximum absolute atomic E-state index is 12.6. The Kier molecular flexibility index (Phi) is 4.57. The summed E-state index contributed by atoms with van der Waals surface area (Å²) in [6.45, 7) is 2.28. The van der Waals surface area contributed by atoms with Gasteiger partial charge in [0, 0.05) is 0 Å². The summed E-state index contributed by atoms with van der Waals surface area (Å²) in [6.07, 6.45) is 1.70. The molecule has 0 saturated carbocycles. The summed E-state index contributed by atoms with van der Waals surface area (Å²) < 4.78 is 6.92. The van der Waals surface area contributed by atoms with Gasteiger partial charge in [0.05, 0.1) is 48.3 Å². The van der Waals surface area contributed by atoms with Crippen molar-refractivity contribution in [3.63, 3.8) is 0 Å². The minimum Gasteiger partial charge on any atom is -0.466 e. The lowest BCUT2D eigenvalue weighted by molar-refractivity contribution is -0.136. The van der Waals surface area contributed by atoms with Gasteiger partial charge < -0.3 is 19.9 Å². The summed E-state index contributed by atoms with van der Waals surface area (Å²) in [5.74, 6) is -0.488. The maximum Gasteiger partial charge on any atom is 0.338 e. The lowest BCUT2D eigenvalue weighted by Crippen LogP contribution is -2.46. The van der Waals surface area contributed by atoms with Crippen LogP contribution >= 0.6 is 0 Å². The molecule has 2 amide bonds. The number of nitrogens with one attached hydrogen (secondary N) is 2. The minimum absolute atomic E-state index is 0.292. The molecule has 0 unspecified atom stereocenters. The maximum atomic E-state index is 12.6. The van der Waals surface area contributed by atoms with E-state index in [4.69, 9.17) is 4.74 Å². The Morgan fingerprint density at radius 1 is 1.18 bits per heavy atom. The molecule has 7 nitrogen and oxygen atoms in total. The largest absolute Gasteiger partial charge is 0.466 e. The van der Waals surface area contributed by atoms with E-state index in [9.17, 15) is 9.59 Å². The number of amides is 2. The zero-order valence-electron chi connectivity index (χ0n) is 15.6. The summed E-state index contributed by atoms with van der Waals surface area (Å²) in [4.78, 5) is 29.3. The van der Waals surface area contributed by atoms with E-state index in [-0.39, 0.29) is 6.03 Å². The van der Waals surface area contributed by atoms with Crippen LogP contribution in [0, 0.1) is 6.92 Å². The minimum atomic E-state index is -0.591. The molecular formula is C21H20N4O3. The molecule has 2 heterocycles. The van der Waals surface area contributed by atoms with Crippen molar-refractivity contribution in [2.45, 2.75) is 19.5 Å². The quantitative estimate of drug-likeness (QED) is 0.686. The van der Waals surface area contributed by atoms with E-state index in [0.717, 1.165) is 22.2 Å². The molecule has 28 heavy (non-hydrogen) atoms. The van der Waals surface area contributed by atoms with Crippen LogP contribution in [0.1, 0.15) is 17.2 Å². The predicted molar refractivity (Wildman–Crippen MR) is 104 cm³/mol. The van der Waals surface area contributed by atoms with Gasteiger partial charge in [-0.15, -0.1) is 0 Å². The Morgan fingerprint density at radius 2 is 1.93 bits per heavy atom. The third kappa shape index (κ3) is 3.22. The fourth-order valence-electron chi connectivity index (χ4n) is 3.41. The number of aromatic nitrogens is 2. The number of aryl methyl sites for hydroxylation is 1.